The third kappa shape index (κ3) is 4.63. The molecule has 0 amide bonds. The van der Waals surface area contributed by atoms with Crippen molar-refractivity contribution in [3.8, 4) is 0 Å². The first-order valence-electron chi connectivity index (χ1n) is 8.06. The Kier molecular flexibility index (Phi) is 5.37. The third-order valence-corrected chi connectivity index (χ3v) is 4.02. The first-order valence-corrected chi connectivity index (χ1v) is 8.06. The predicted molar refractivity (Wildman–Crippen MR) is 90.2 cm³/mol. The number of hydrogen-bond donors (Lipinski definition) is 1. The fourth-order valence-corrected chi connectivity index (χ4v) is 2.76. The maximum atomic E-state index is 13.2. The lowest BCUT2D eigenvalue weighted by Crippen LogP contribution is -2.47. The van der Waals surface area contributed by atoms with E-state index in [1.54, 1.807) is 12.3 Å². The van der Waals surface area contributed by atoms with Gasteiger partial charge in [-0.25, -0.2) is 9.97 Å². The van der Waals surface area contributed by atoms with Crippen LogP contribution in [0, 0.1) is 5.95 Å². The Labute approximate surface area is 136 Å². The van der Waals surface area contributed by atoms with Gasteiger partial charge >= 0.3 is 0 Å². The summed E-state index contributed by atoms with van der Waals surface area (Å²) in [6, 6.07) is 10.8. The minimum atomic E-state index is -0.412. The predicted octanol–water partition coefficient (Wildman–Crippen LogP) is 2.24. The number of rotatable bonds is 6. The van der Waals surface area contributed by atoms with Crippen molar-refractivity contribution in [2.75, 3.05) is 49.5 Å². The molecule has 0 spiro atoms. The molecule has 6 heteroatoms. The number of aromatic nitrogens is 2. The van der Waals surface area contributed by atoms with Crippen LogP contribution in [0.4, 0.5) is 16.0 Å². The van der Waals surface area contributed by atoms with E-state index in [0.29, 0.717) is 0 Å². The molecule has 1 aliphatic rings. The molecule has 2 aromatic heterocycles. The van der Waals surface area contributed by atoms with Gasteiger partial charge in [0.05, 0.1) is 0 Å². The molecule has 1 N–H and O–H groups in total. The highest BCUT2D eigenvalue weighted by molar-refractivity contribution is 5.38. The Morgan fingerprint density at radius 1 is 1.04 bits per heavy atom. The number of nitrogens with zero attached hydrogens (tertiary/aromatic N) is 4. The van der Waals surface area contributed by atoms with E-state index in [0.717, 1.165) is 57.3 Å². The number of hydrogen-bond acceptors (Lipinski definition) is 5. The Morgan fingerprint density at radius 3 is 2.65 bits per heavy atom. The topological polar surface area (TPSA) is 44.3 Å². The van der Waals surface area contributed by atoms with Crippen LogP contribution in [0.25, 0.3) is 0 Å². The normalized spacial score (nSPS) is 15.6. The SMILES string of the molecule is Fc1cccc(N2CCN(CCCNc3ccccn3)CC2)n1. The Morgan fingerprint density at radius 2 is 1.91 bits per heavy atom. The van der Waals surface area contributed by atoms with E-state index in [1.807, 2.05) is 24.3 Å². The average Bonchev–Trinajstić information content (AvgIpc) is 2.60. The second-order valence-corrected chi connectivity index (χ2v) is 5.64. The molecule has 0 unspecified atom stereocenters. The number of piperazine rings is 1. The van der Waals surface area contributed by atoms with Crippen LogP contribution >= 0.6 is 0 Å². The highest BCUT2D eigenvalue weighted by Gasteiger charge is 2.17. The fourth-order valence-electron chi connectivity index (χ4n) is 2.76. The van der Waals surface area contributed by atoms with Crippen LogP contribution in [0.5, 0.6) is 0 Å². The maximum Gasteiger partial charge on any atom is 0.214 e. The summed E-state index contributed by atoms with van der Waals surface area (Å²) in [7, 11) is 0. The molecule has 3 rings (SSSR count). The smallest absolute Gasteiger partial charge is 0.214 e. The Hall–Kier alpha value is -2.21. The summed E-state index contributed by atoms with van der Waals surface area (Å²) in [5, 5.41) is 3.33. The van der Waals surface area contributed by atoms with E-state index in [2.05, 4.69) is 25.1 Å². The number of anilines is 2. The van der Waals surface area contributed by atoms with Gasteiger partial charge in [0.15, 0.2) is 0 Å². The maximum absolute atomic E-state index is 13.2. The molecule has 2 aromatic rings. The van der Waals surface area contributed by atoms with Gasteiger partial charge < -0.3 is 10.2 Å². The van der Waals surface area contributed by atoms with Crippen molar-refractivity contribution < 1.29 is 4.39 Å². The molecule has 0 saturated carbocycles. The number of halogens is 1. The van der Waals surface area contributed by atoms with E-state index in [-0.39, 0.29) is 0 Å². The van der Waals surface area contributed by atoms with Crippen molar-refractivity contribution in [1.82, 2.24) is 14.9 Å². The van der Waals surface area contributed by atoms with E-state index < -0.39 is 5.95 Å². The quantitative estimate of drug-likeness (QED) is 0.654. The lowest BCUT2D eigenvalue weighted by molar-refractivity contribution is 0.256. The Balaban J connectivity index is 1.36. The second kappa shape index (κ2) is 7.87. The van der Waals surface area contributed by atoms with Gasteiger partial charge in [0.25, 0.3) is 0 Å². The van der Waals surface area contributed by atoms with Crippen LogP contribution in [0.3, 0.4) is 0 Å². The second-order valence-electron chi connectivity index (χ2n) is 5.64. The summed E-state index contributed by atoms with van der Waals surface area (Å²) in [5.41, 5.74) is 0. The van der Waals surface area contributed by atoms with Crippen molar-refractivity contribution in [3.05, 3.63) is 48.5 Å². The first-order chi connectivity index (χ1) is 11.3. The molecule has 5 nitrogen and oxygen atoms in total. The molecule has 0 atom stereocenters. The number of pyridine rings is 2. The molecule has 1 aliphatic heterocycles. The van der Waals surface area contributed by atoms with Crippen LogP contribution in [0.1, 0.15) is 6.42 Å². The largest absolute Gasteiger partial charge is 0.370 e. The summed E-state index contributed by atoms with van der Waals surface area (Å²) in [6.07, 6.45) is 2.87. The zero-order valence-corrected chi connectivity index (χ0v) is 13.2. The lowest BCUT2D eigenvalue weighted by Gasteiger charge is -2.35. The van der Waals surface area contributed by atoms with Gasteiger partial charge in [-0.05, 0) is 37.2 Å². The minimum Gasteiger partial charge on any atom is -0.370 e. The molecule has 23 heavy (non-hydrogen) atoms. The fraction of sp³-hybridized carbons (Fsp3) is 0.412. The zero-order valence-electron chi connectivity index (χ0n) is 13.2. The van der Waals surface area contributed by atoms with Gasteiger partial charge in [-0.1, -0.05) is 12.1 Å². The van der Waals surface area contributed by atoms with Crippen molar-refractivity contribution in [2.24, 2.45) is 0 Å². The van der Waals surface area contributed by atoms with Crippen LogP contribution in [-0.4, -0.2) is 54.1 Å². The molecular formula is C17H22FN5. The van der Waals surface area contributed by atoms with Gasteiger partial charge in [0, 0.05) is 38.9 Å². The van der Waals surface area contributed by atoms with E-state index in [1.165, 1.54) is 6.07 Å². The van der Waals surface area contributed by atoms with Gasteiger partial charge in [-0.15, -0.1) is 0 Å². The molecule has 3 heterocycles. The van der Waals surface area contributed by atoms with Crippen molar-refractivity contribution in [2.45, 2.75) is 6.42 Å². The van der Waals surface area contributed by atoms with Crippen molar-refractivity contribution in [1.29, 1.82) is 0 Å². The molecule has 1 fully saturated rings. The third-order valence-electron chi connectivity index (χ3n) is 4.02. The molecule has 0 radical (unpaired) electrons. The van der Waals surface area contributed by atoms with Crippen LogP contribution < -0.4 is 10.2 Å². The highest BCUT2D eigenvalue weighted by atomic mass is 19.1. The summed E-state index contributed by atoms with van der Waals surface area (Å²) >= 11 is 0. The lowest BCUT2D eigenvalue weighted by atomic mass is 10.2. The summed E-state index contributed by atoms with van der Waals surface area (Å²) < 4.78 is 13.2. The molecule has 1 saturated heterocycles. The van der Waals surface area contributed by atoms with Gasteiger partial charge in [-0.3, -0.25) is 4.90 Å². The van der Waals surface area contributed by atoms with Gasteiger partial charge in [0.1, 0.15) is 11.6 Å². The van der Waals surface area contributed by atoms with E-state index >= 15 is 0 Å². The van der Waals surface area contributed by atoms with Crippen LogP contribution in [-0.2, 0) is 0 Å². The molecule has 0 bridgehead atoms. The van der Waals surface area contributed by atoms with E-state index in [9.17, 15) is 4.39 Å². The van der Waals surface area contributed by atoms with Crippen LogP contribution in [0.15, 0.2) is 42.6 Å². The Bertz CT molecular complexity index is 599. The summed E-state index contributed by atoms with van der Waals surface area (Å²) in [5.74, 6) is 1.25. The van der Waals surface area contributed by atoms with Crippen molar-refractivity contribution >= 4 is 11.6 Å². The molecule has 122 valence electrons. The van der Waals surface area contributed by atoms with Crippen molar-refractivity contribution in [3.63, 3.8) is 0 Å². The minimum absolute atomic E-state index is 0.412. The van der Waals surface area contributed by atoms with E-state index in [4.69, 9.17) is 0 Å². The summed E-state index contributed by atoms with van der Waals surface area (Å²) in [4.78, 5) is 12.8. The number of nitrogens with one attached hydrogen (secondary N) is 1. The average molecular weight is 315 g/mol. The standard InChI is InChI=1S/C17H22FN5/c18-15-5-3-7-17(21-15)23-13-11-22(12-14-23)10-4-9-20-16-6-1-2-8-19-16/h1-3,5-8H,4,9-14H2,(H,19,20). The first kappa shape index (κ1) is 15.7. The van der Waals surface area contributed by atoms with Crippen LogP contribution in [0.2, 0.25) is 0 Å². The monoisotopic (exact) mass is 315 g/mol. The highest BCUT2D eigenvalue weighted by Crippen LogP contribution is 2.14. The van der Waals surface area contributed by atoms with Gasteiger partial charge in [-0.2, -0.15) is 4.39 Å². The zero-order chi connectivity index (χ0) is 15.9. The molecule has 0 aliphatic carbocycles. The molecular weight excluding hydrogens is 293 g/mol. The summed E-state index contributed by atoms with van der Waals surface area (Å²) in [6.45, 7) is 5.74. The van der Waals surface area contributed by atoms with Gasteiger partial charge in [0.2, 0.25) is 5.95 Å². The molecule has 0 aromatic carbocycles.